The van der Waals surface area contributed by atoms with Crippen LogP contribution >= 0.6 is 0 Å². The fraction of sp³-hybridized carbons (Fsp3) is 0.409. The lowest BCUT2D eigenvalue weighted by atomic mass is 9.72. The molecule has 6 nitrogen and oxygen atoms in total. The van der Waals surface area contributed by atoms with E-state index in [9.17, 15) is 35.9 Å². The molecule has 0 spiro atoms. The fourth-order valence-corrected chi connectivity index (χ4v) is 6.13. The maximum absolute atomic E-state index is 14.5. The van der Waals surface area contributed by atoms with Gasteiger partial charge in [-0.05, 0) is 92.5 Å². The number of allylic oxidation sites excluding steroid dienone is 10. The van der Waals surface area contributed by atoms with Gasteiger partial charge in [-0.3, -0.25) is 9.59 Å². The summed E-state index contributed by atoms with van der Waals surface area (Å²) >= 11 is 0. The van der Waals surface area contributed by atoms with Gasteiger partial charge in [0.05, 0.1) is 34.9 Å². The smallest absolute Gasteiger partial charge is 0.289 e. The second kappa shape index (κ2) is 15.2. The fourth-order valence-electron chi connectivity index (χ4n) is 6.13. The number of hydrogen-bond acceptors (Lipinski definition) is 6. The average Bonchev–Trinajstić information content (AvgIpc) is 3.03. The summed E-state index contributed by atoms with van der Waals surface area (Å²) in [6.45, 7) is 22.7. The first-order valence-corrected chi connectivity index (χ1v) is 18.0. The molecule has 12 heteroatoms. The van der Waals surface area contributed by atoms with Crippen LogP contribution in [0.5, 0.6) is 0 Å². The van der Waals surface area contributed by atoms with E-state index in [0.717, 1.165) is 24.3 Å². The molecule has 56 heavy (non-hydrogen) atoms. The summed E-state index contributed by atoms with van der Waals surface area (Å²) in [7, 11) is 0. The van der Waals surface area contributed by atoms with E-state index in [0.29, 0.717) is 45.6 Å². The summed E-state index contributed by atoms with van der Waals surface area (Å²) < 4.78 is 86.8. The lowest BCUT2D eigenvalue weighted by molar-refractivity contribution is -0.139. The van der Waals surface area contributed by atoms with Crippen LogP contribution in [0, 0.1) is 21.7 Å². The molecule has 0 bridgehead atoms. The minimum absolute atomic E-state index is 0.103. The van der Waals surface area contributed by atoms with Crippen LogP contribution in [-0.4, -0.2) is 11.6 Å². The van der Waals surface area contributed by atoms with Gasteiger partial charge in [-0.1, -0.05) is 95.2 Å². The number of azo groups is 2. The van der Waals surface area contributed by atoms with E-state index >= 15 is 0 Å². The second-order valence-electron chi connectivity index (χ2n) is 18.0. The zero-order valence-corrected chi connectivity index (χ0v) is 33.8. The molecule has 0 aliphatic heterocycles. The molecule has 0 heterocycles. The van der Waals surface area contributed by atoms with Crippen molar-refractivity contribution in [3.63, 3.8) is 0 Å². The summed E-state index contributed by atoms with van der Waals surface area (Å²) in [5.74, 6) is -0.206. The highest BCUT2D eigenvalue weighted by molar-refractivity contribution is 6.12. The van der Waals surface area contributed by atoms with Crippen LogP contribution in [0.4, 0.5) is 37.7 Å². The van der Waals surface area contributed by atoms with Crippen molar-refractivity contribution in [1.82, 2.24) is 0 Å². The SMILES string of the molecule is CC(C)(C)C1=CC(=C/N=N/c2ccc(-c3ccc(/N=N/C=C4C=C(C(C)(C)C)C(=O)C(C(C)(C)C)=C4)cc3C(F)(F)F)c(C(F)(F)F)c2)C=C(C(C)(C)C)C1=O. The van der Waals surface area contributed by atoms with Crippen LogP contribution in [0.25, 0.3) is 11.1 Å². The molecule has 0 amide bonds. The molecular weight excluding hydrogens is 730 g/mol. The number of alkyl halides is 6. The van der Waals surface area contributed by atoms with Gasteiger partial charge in [-0.15, -0.1) is 0 Å². The molecule has 0 fully saturated rings. The summed E-state index contributed by atoms with van der Waals surface area (Å²) in [5.41, 5.74) is -3.36. The predicted molar refractivity (Wildman–Crippen MR) is 207 cm³/mol. The van der Waals surface area contributed by atoms with Crippen LogP contribution in [-0.2, 0) is 21.9 Å². The lowest BCUT2D eigenvalue weighted by Gasteiger charge is -2.31. The van der Waals surface area contributed by atoms with Gasteiger partial charge in [0.15, 0.2) is 11.6 Å². The molecule has 2 aromatic carbocycles. The predicted octanol–water partition coefficient (Wildman–Crippen LogP) is 14.4. The van der Waals surface area contributed by atoms with E-state index in [1.54, 1.807) is 24.3 Å². The van der Waals surface area contributed by atoms with Crippen LogP contribution < -0.4 is 0 Å². The van der Waals surface area contributed by atoms with Crippen LogP contribution in [0.1, 0.15) is 94.2 Å². The Morgan fingerprint density at radius 2 is 0.714 bits per heavy atom. The van der Waals surface area contributed by atoms with Crippen molar-refractivity contribution in [2.75, 3.05) is 0 Å². The quantitative estimate of drug-likeness (QED) is 0.224. The Morgan fingerprint density at radius 1 is 0.446 bits per heavy atom. The zero-order chi connectivity index (χ0) is 42.4. The van der Waals surface area contributed by atoms with Gasteiger partial charge in [-0.25, -0.2) is 0 Å². The minimum Gasteiger partial charge on any atom is -0.289 e. The maximum atomic E-state index is 14.5. The first-order valence-electron chi connectivity index (χ1n) is 18.0. The molecule has 298 valence electrons. The molecule has 2 aliphatic rings. The van der Waals surface area contributed by atoms with E-state index in [-0.39, 0.29) is 22.9 Å². The monoisotopic (exact) mass is 778 g/mol. The molecular formula is C44H48F6N4O2. The molecule has 0 unspecified atom stereocenters. The van der Waals surface area contributed by atoms with Gasteiger partial charge < -0.3 is 0 Å². The van der Waals surface area contributed by atoms with Gasteiger partial charge in [-0.2, -0.15) is 46.8 Å². The minimum atomic E-state index is -5.05. The third-order valence-electron chi connectivity index (χ3n) is 9.12. The molecule has 0 radical (unpaired) electrons. The van der Waals surface area contributed by atoms with Crippen LogP contribution in [0.3, 0.4) is 0 Å². The maximum Gasteiger partial charge on any atom is 0.417 e. The molecule has 0 saturated heterocycles. The van der Waals surface area contributed by atoms with Gasteiger partial charge >= 0.3 is 12.4 Å². The Kier molecular flexibility index (Phi) is 11.8. The largest absolute Gasteiger partial charge is 0.417 e. The third-order valence-corrected chi connectivity index (χ3v) is 9.12. The van der Waals surface area contributed by atoms with E-state index in [2.05, 4.69) is 20.5 Å². The number of carbonyl (C=O) groups excluding carboxylic acids is 2. The van der Waals surface area contributed by atoms with E-state index in [4.69, 9.17) is 0 Å². The number of carbonyl (C=O) groups is 2. The summed E-state index contributed by atoms with van der Waals surface area (Å²) in [5, 5.41) is 15.8. The van der Waals surface area contributed by atoms with Crippen molar-refractivity contribution >= 4 is 22.9 Å². The average molecular weight is 779 g/mol. The van der Waals surface area contributed by atoms with Gasteiger partial charge in [0.25, 0.3) is 0 Å². The Bertz CT molecular complexity index is 1950. The molecule has 4 rings (SSSR count). The van der Waals surface area contributed by atoms with Gasteiger partial charge in [0.2, 0.25) is 0 Å². The van der Waals surface area contributed by atoms with Crippen LogP contribution in [0.15, 0.2) is 127 Å². The van der Waals surface area contributed by atoms with Crippen molar-refractivity contribution < 1.29 is 35.9 Å². The number of halogens is 6. The van der Waals surface area contributed by atoms with Crippen molar-refractivity contribution in [1.29, 1.82) is 0 Å². The molecule has 2 aliphatic carbocycles. The lowest BCUT2D eigenvalue weighted by Crippen LogP contribution is -2.27. The molecule has 0 aromatic heterocycles. The van der Waals surface area contributed by atoms with Crippen molar-refractivity contribution in [3.8, 4) is 11.1 Å². The molecule has 0 atom stereocenters. The number of nitrogens with zero attached hydrogens (tertiary/aromatic N) is 4. The zero-order valence-electron chi connectivity index (χ0n) is 33.8. The Labute approximate surface area is 324 Å². The number of benzene rings is 2. The number of hydrogen-bond donors (Lipinski definition) is 0. The van der Waals surface area contributed by atoms with E-state index < -0.39 is 56.3 Å². The first-order chi connectivity index (χ1) is 25.4. The van der Waals surface area contributed by atoms with Crippen molar-refractivity contribution in [2.24, 2.45) is 42.1 Å². The van der Waals surface area contributed by atoms with Gasteiger partial charge in [0, 0.05) is 22.3 Å². The second-order valence-corrected chi connectivity index (χ2v) is 18.0. The Hall–Kier alpha value is -5.00. The van der Waals surface area contributed by atoms with Crippen molar-refractivity contribution in [2.45, 2.75) is 95.4 Å². The highest BCUT2D eigenvalue weighted by Gasteiger charge is 2.39. The highest BCUT2D eigenvalue weighted by Crippen LogP contribution is 2.46. The number of ketones is 2. The number of rotatable bonds is 5. The molecule has 2 aromatic rings. The molecule has 0 saturated carbocycles. The Morgan fingerprint density at radius 3 is 0.946 bits per heavy atom. The normalized spacial score (nSPS) is 16.7. The van der Waals surface area contributed by atoms with Gasteiger partial charge in [0.1, 0.15) is 0 Å². The van der Waals surface area contributed by atoms with E-state index in [1.165, 1.54) is 12.4 Å². The van der Waals surface area contributed by atoms with Crippen LogP contribution in [0.2, 0.25) is 0 Å². The summed E-state index contributed by atoms with van der Waals surface area (Å²) in [4.78, 5) is 26.4. The summed E-state index contributed by atoms with van der Waals surface area (Å²) in [6.07, 6.45) is -0.798. The third kappa shape index (κ3) is 10.2. The Balaban J connectivity index is 1.74. The van der Waals surface area contributed by atoms with Crippen molar-refractivity contribution in [3.05, 3.63) is 118 Å². The first kappa shape index (κ1) is 43.7. The van der Waals surface area contributed by atoms with E-state index in [1.807, 2.05) is 83.1 Å². The number of Topliss-reactive ketones (excluding diaryl/α,β-unsaturated/α-hetero) is 2. The molecule has 0 N–H and O–H groups in total. The summed E-state index contributed by atoms with van der Waals surface area (Å²) in [6, 6.07) is 5.44. The standard InChI is InChI=1S/C44H48F6N4O2/c1-39(2,3)33-17-25(18-34(37(33)55)40(4,5)6)23-51-53-27-13-15-29(31(21-27)43(45,46)47)30-16-14-28(22-32(30)44(48,49)50)54-52-24-26-19-35(41(7,8)9)38(56)36(20-26)42(10,11)12/h13-24H,1-12H3/b53-51+,54-52+. The topological polar surface area (TPSA) is 83.6 Å². The highest BCUT2D eigenvalue weighted by atomic mass is 19.4.